The standard InChI is InChI=1S/C24H24N4O5/c25-22(31)13-20(28-23(32)18-11-10-16-8-4-5-9-17(16)26-18)24(33)27-19(21(30)14-29)12-15-6-2-1-3-7-15/h1-11,14,19-21,30H,12-13H2,(H2,25,31)(H,27,33)(H,28,32)/t19-,20-,21+/m0/s1. The molecule has 0 fully saturated rings. The Morgan fingerprint density at radius 1 is 0.970 bits per heavy atom. The zero-order chi connectivity index (χ0) is 23.8. The number of pyridine rings is 1. The number of para-hydroxylation sites is 1. The van der Waals surface area contributed by atoms with Crippen molar-refractivity contribution in [2.24, 2.45) is 5.73 Å². The molecule has 5 N–H and O–H groups in total. The minimum absolute atomic E-state index is 0.0599. The van der Waals surface area contributed by atoms with Crippen LogP contribution in [0.5, 0.6) is 0 Å². The van der Waals surface area contributed by atoms with Gasteiger partial charge in [0.15, 0.2) is 6.29 Å². The van der Waals surface area contributed by atoms with E-state index in [0.717, 1.165) is 10.9 Å². The summed E-state index contributed by atoms with van der Waals surface area (Å²) in [7, 11) is 0. The average molecular weight is 448 g/mol. The highest BCUT2D eigenvalue weighted by atomic mass is 16.3. The minimum Gasteiger partial charge on any atom is -0.383 e. The van der Waals surface area contributed by atoms with E-state index in [9.17, 15) is 24.3 Å². The van der Waals surface area contributed by atoms with Crippen LogP contribution in [0.3, 0.4) is 0 Å². The first-order chi connectivity index (χ1) is 15.9. The van der Waals surface area contributed by atoms with Gasteiger partial charge in [0.2, 0.25) is 11.8 Å². The number of hydrogen-bond donors (Lipinski definition) is 4. The third-order valence-electron chi connectivity index (χ3n) is 5.04. The first-order valence-electron chi connectivity index (χ1n) is 10.3. The first kappa shape index (κ1) is 23.6. The summed E-state index contributed by atoms with van der Waals surface area (Å²) in [6, 6.07) is 17.1. The molecule has 2 aromatic carbocycles. The van der Waals surface area contributed by atoms with Crippen molar-refractivity contribution in [3.8, 4) is 0 Å². The molecule has 170 valence electrons. The summed E-state index contributed by atoms with van der Waals surface area (Å²) in [6.45, 7) is 0. The van der Waals surface area contributed by atoms with Crippen molar-refractivity contribution in [1.29, 1.82) is 0 Å². The lowest BCUT2D eigenvalue weighted by molar-refractivity contribution is -0.128. The monoisotopic (exact) mass is 448 g/mol. The van der Waals surface area contributed by atoms with E-state index in [4.69, 9.17) is 5.73 Å². The molecule has 0 saturated heterocycles. The summed E-state index contributed by atoms with van der Waals surface area (Å²) in [6.07, 6.45) is -1.48. The maximum Gasteiger partial charge on any atom is 0.270 e. The molecule has 0 aliphatic carbocycles. The summed E-state index contributed by atoms with van der Waals surface area (Å²) in [5.74, 6) is -2.24. The normalized spacial score (nSPS) is 13.5. The van der Waals surface area contributed by atoms with E-state index in [-0.39, 0.29) is 12.1 Å². The molecule has 0 aliphatic heterocycles. The van der Waals surface area contributed by atoms with Crippen LogP contribution in [0.25, 0.3) is 10.9 Å². The summed E-state index contributed by atoms with van der Waals surface area (Å²) in [4.78, 5) is 52.6. The SMILES string of the molecule is NC(=O)C[C@H](NC(=O)c1ccc2ccccc2n1)C(=O)N[C@@H](Cc1ccccc1)[C@H](O)C=O. The second-order valence-electron chi connectivity index (χ2n) is 7.52. The second kappa shape index (κ2) is 11.0. The van der Waals surface area contributed by atoms with Gasteiger partial charge in [-0.15, -0.1) is 0 Å². The third-order valence-corrected chi connectivity index (χ3v) is 5.04. The number of amides is 3. The molecule has 1 heterocycles. The molecular formula is C24H24N4O5. The summed E-state index contributed by atoms with van der Waals surface area (Å²) < 4.78 is 0. The van der Waals surface area contributed by atoms with Gasteiger partial charge in [0.1, 0.15) is 17.8 Å². The zero-order valence-electron chi connectivity index (χ0n) is 17.7. The molecule has 3 rings (SSSR count). The molecule has 0 bridgehead atoms. The van der Waals surface area contributed by atoms with Gasteiger partial charge in [-0.2, -0.15) is 0 Å². The maximum atomic E-state index is 12.9. The van der Waals surface area contributed by atoms with Gasteiger partial charge in [-0.3, -0.25) is 14.4 Å². The minimum atomic E-state index is -1.48. The first-order valence-corrected chi connectivity index (χ1v) is 10.3. The number of carbonyl (C=O) groups excluding carboxylic acids is 4. The van der Waals surface area contributed by atoms with Gasteiger partial charge in [-0.25, -0.2) is 4.98 Å². The predicted molar refractivity (Wildman–Crippen MR) is 121 cm³/mol. The number of hydrogen-bond acceptors (Lipinski definition) is 6. The van der Waals surface area contributed by atoms with Crippen molar-refractivity contribution in [3.05, 3.63) is 78.0 Å². The van der Waals surface area contributed by atoms with Crippen LogP contribution in [0.1, 0.15) is 22.5 Å². The van der Waals surface area contributed by atoms with Crippen molar-refractivity contribution in [1.82, 2.24) is 15.6 Å². The number of aliphatic hydroxyl groups excluding tert-OH is 1. The molecule has 0 spiro atoms. The number of nitrogens with zero attached hydrogens (tertiary/aromatic N) is 1. The highest BCUT2D eigenvalue weighted by Gasteiger charge is 2.28. The lowest BCUT2D eigenvalue weighted by Gasteiger charge is -2.24. The van der Waals surface area contributed by atoms with E-state index in [0.29, 0.717) is 11.8 Å². The Kier molecular flexibility index (Phi) is 7.82. The highest BCUT2D eigenvalue weighted by Crippen LogP contribution is 2.12. The number of aldehydes is 1. The number of primary amides is 1. The van der Waals surface area contributed by atoms with E-state index in [1.54, 1.807) is 42.5 Å². The van der Waals surface area contributed by atoms with Crippen LogP contribution in [-0.2, 0) is 20.8 Å². The second-order valence-corrected chi connectivity index (χ2v) is 7.52. The Hall–Kier alpha value is -4.11. The Bertz CT molecular complexity index is 1150. The number of nitrogens with two attached hydrogens (primary N) is 1. The van der Waals surface area contributed by atoms with Gasteiger partial charge >= 0.3 is 0 Å². The Labute approximate surface area is 190 Å². The number of rotatable bonds is 10. The van der Waals surface area contributed by atoms with Gasteiger partial charge in [0, 0.05) is 5.39 Å². The van der Waals surface area contributed by atoms with E-state index in [1.807, 2.05) is 18.2 Å². The Morgan fingerprint density at radius 2 is 1.67 bits per heavy atom. The van der Waals surface area contributed by atoms with Crippen molar-refractivity contribution in [2.75, 3.05) is 0 Å². The predicted octanol–water partition coefficient (Wildman–Crippen LogP) is 0.496. The van der Waals surface area contributed by atoms with Gasteiger partial charge in [-0.1, -0.05) is 54.6 Å². The number of nitrogens with one attached hydrogen (secondary N) is 2. The summed E-state index contributed by atoms with van der Waals surface area (Å²) >= 11 is 0. The van der Waals surface area contributed by atoms with Gasteiger partial charge < -0.3 is 26.3 Å². The van der Waals surface area contributed by atoms with E-state index < -0.39 is 42.3 Å². The molecule has 9 nitrogen and oxygen atoms in total. The van der Waals surface area contributed by atoms with E-state index in [1.165, 1.54) is 6.07 Å². The quantitative estimate of drug-likeness (QED) is 0.332. The fourth-order valence-corrected chi connectivity index (χ4v) is 3.34. The van der Waals surface area contributed by atoms with Crippen LogP contribution in [0.15, 0.2) is 66.7 Å². The largest absolute Gasteiger partial charge is 0.383 e. The zero-order valence-corrected chi connectivity index (χ0v) is 17.7. The fourth-order valence-electron chi connectivity index (χ4n) is 3.34. The Balaban J connectivity index is 1.76. The topological polar surface area (TPSA) is 151 Å². The van der Waals surface area contributed by atoms with Crippen molar-refractivity contribution >= 4 is 34.9 Å². The van der Waals surface area contributed by atoms with Crippen molar-refractivity contribution in [2.45, 2.75) is 31.0 Å². The number of benzene rings is 2. The number of aliphatic hydroxyl groups is 1. The highest BCUT2D eigenvalue weighted by molar-refractivity contribution is 5.99. The van der Waals surface area contributed by atoms with Crippen LogP contribution in [0.2, 0.25) is 0 Å². The fraction of sp³-hybridized carbons (Fsp3) is 0.208. The molecular weight excluding hydrogens is 424 g/mol. The van der Waals surface area contributed by atoms with Crippen molar-refractivity contribution in [3.63, 3.8) is 0 Å². The van der Waals surface area contributed by atoms with Crippen LogP contribution in [0.4, 0.5) is 0 Å². The van der Waals surface area contributed by atoms with Crippen LogP contribution in [0, 0.1) is 0 Å². The molecule has 0 unspecified atom stereocenters. The number of aromatic nitrogens is 1. The Morgan fingerprint density at radius 3 is 2.36 bits per heavy atom. The van der Waals surface area contributed by atoms with Crippen molar-refractivity contribution < 1.29 is 24.3 Å². The molecule has 0 aliphatic rings. The molecule has 0 saturated carbocycles. The van der Waals surface area contributed by atoms with Gasteiger partial charge in [0.25, 0.3) is 5.91 Å². The van der Waals surface area contributed by atoms with Crippen LogP contribution in [-0.4, -0.2) is 52.3 Å². The number of carbonyl (C=O) groups is 4. The molecule has 3 atom stereocenters. The molecule has 9 heteroatoms. The van der Waals surface area contributed by atoms with Gasteiger partial charge in [0.05, 0.1) is 18.0 Å². The molecule has 3 amide bonds. The molecule has 3 aromatic rings. The third kappa shape index (κ3) is 6.44. The summed E-state index contributed by atoms with van der Waals surface area (Å²) in [5.41, 5.74) is 6.70. The smallest absolute Gasteiger partial charge is 0.270 e. The lowest BCUT2D eigenvalue weighted by atomic mass is 10.0. The van der Waals surface area contributed by atoms with E-state index in [2.05, 4.69) is 15.6 Å². The van der Waals surface area contributed by atoms with Gasteiger partial charge in [-0.05, 0) is 24.1 Å². The van der Waals surface area contributed by atoms with E-state index >= 15 is 0 Å². The molecule has 0 radical (unpaired) electrons. The lowest BCUT2D eigenvalue weighted by Crippen LogP contribution is -2.54. The molecule has 1 aromatic heterocycles. The van der Waals surface area contributed by atoms with Crippen LogP contribution >= 0.6 is 0 Å². The summed E-state index contributed by atoms with van der Waals surface area (Å²) in [5, 5.41) is 15.9. The number of fused-ring (bicyclic) bond motifs is 1. The van der Waals surface area contributed by atoms with Crippen LogP contribution < -0.4 is 16.4 Å². The molecule has 33 heavy (non-hydrogen) atoms. The maximum absolute atomic E-state index is 12.9. The average Bonchev–Trinajstić information content (AvgIpc) is 2.82.